The average molecular weight is 279 g/mol. The molecule has 1 aliphatic heterocycles. The minimum Gasteiger partial charge on any atom is -0.466 e. The molecule has 1 heterocycles. The molecule has 0 spiro atoms. The van der Waals surface area contributed by atoms with Gasteiger partial charge in [0.25, 0.3) is 0 Å². The highest BCUT2D eigenvalue weighted by Gasteiger charge is 2.29. The van der Waals surface area contributed by atoms with Crippen molar-refractivity contribution in [3.8, 4) is 0 Å². The lowest BCUT2D eigenvalue weighted by Gasteiger charge is -2.31. The molecule has 0 aromatic carbocycles. The second-order valence-electron chi connectivity index (χ2n) is 4.61. The van der Waals surface area contributed by atoms with Crippen LogP contribution in [0.5, 0.6) is 0 Å². The third-order valence-electron chi connectivity index (χ3n) is 3.21. The van der Waals surface area contributed by atoms with Crippen LogP contribution in [-0.2, 0) is 14.3 Å². The molecule has 106 valence electrons. The summed E-state index contributed by atoms with van der Waals surface area (Å²) in [6.45, 7) is 7.99. The Morgan fingerprint density at radius 1 is 1.39 bits per heavy atom. The van der Waals surface area contributed by atoms with E-state index in [1.54, 1.807) is 13.8 Å². The van der Waals surface area contributed by atoms with Gasteiger partial charge in [-0.15, -0.1) is 12.4 Å². The highest BCUT2D eigenvalue weighted by molar-refractivity contribution is 5.85. The van der Waals surface area contributed by atoms with Crippen molar-refractivity contribution in [1.82, 2.24) is 10.6 Å². The number of nitrogens with one attached hydrogen (secondary N) is 2. The number of rotatable bonds is 6. The monoisotopic (exact) mass is 278 g/mol. The van der Waals surface area contributed by atoms with Crippen molar-refractivity contribution in [2.45, 2.75) is 20.8 Å². The second-order valence-corrected chi connectivity index (χ2v) is 4.61. The molecule has 0 aromatic rings. The van der Waals surface area contributed by atoms with Crippen molar-refractivity contribution < 1.29 is 14.3 Å². The van der Waals surface area contributed by atoms with Gasteiger partial charge in [-0.2, -0.15) is 0 Å². The van der Waals surface area contributed by atoms with E-state index >= 15 is 0 Å². The second kappa shape index (κ2) is 8.32. The number of esters is 1. The van der Waals surface area contributed by atoms with Crippen LogP contribution in [-0.4, -0.2) is 38.1 Å². The number of hydrogen-bond donors (Lipinski definition) is 2. The van der Waals surface area contributed by atoms with Crippen LogP contribution in [0.2, 0.25) is 0 Å². The normalized spacial score (nSPS) is 17.9. The summed E-state index contributed by atoms with van der Waals surface area (Å²) in [6.07, 6.45) is 0. The smallest absolute Gasteiger partial charge is 0.310 e. The van der Waals surface area contributed by atoms with Crippen LogP contribution in [0.4, 0.5) is 0 Å². The maximum Gasteiger partial charge on any atom is 0.310 e. The van der Waals surface area contributed by atoms with E-state index in [9.17, 15) is 9.59 Å². The third-order valence-corrected chi connectivity index (χ3v) is 3.21. The Morgan fingerprint density at radius 2 is 2.00 bits per heavy atom. The first-order valence-electron chi connectivity index (χ1n) is 6.21. The van der Waals surface area contributed by atoms with Gasteiger partial charge in [0.15, 0.2) is 0 Å². The van der Waals surface area contributed by atoms with Crippen molar-refractivity contribution in [3.05, 3.63) is 0 Å². The molecule has 1 rings (SSSR count). The van der Waals surface area contributed by atoms with E-state index < -0.39 is 0 Å². The predicted octanol–water partition coefficient (Wildman–Crippen LogP) is 0.579. The zero-order chi connectivity index (χ0) is 12.8. The largest absolute Gasteiger partial charge is 0.466 e. The number of carbonyl (C=O) groups excluding carboxylic acids is 2. The van der Waals surface area contributed by atoms with Gasteiger partial charge in [-0.05, 0) is 25.9 Å². The summed E-state index contributed by atoms with van der Waals surface area (Å²) in [6, 6.07) is 0. The molecule has 0 radical (unpaired) electrons. The third kappa shape index (κ3) is 4.82. The Balaban J connectivity index is 0.00000289. The fourth-order valence-electron chi connectivity index (χ4n) is 1.66. The van der Waals surface area contributed by atoms with Crippen LogP contribution >= 0.6 is 12.4 Å². The SMILES string of the molecule is CCOC(=O)C(C)CNC(=O)C(C)C1CNC1.Cl. The van der Waals surface area contributed by atoms with E-state index in [1.165, 1.54) is 0 Å². The lowest BCUT2D eigenvalue weighted by Crippen LogP contribution is -2.50. The van der Waals surface area contributed by atoms with Gasteiger partial charge in [0, 0.05) is 12.5 Å². The molecule has 1 amide bonds. The van der Waals surface area contributed by atoms with Gasteiger partial charge >= 0.3 is 5.97 Å². The Labute approximate surface area is 114 Å². The molecule has 1 fully saturated rings. The van der Waals surface area contributed by atoms with E-state index in [2.05, 4.69) is 10.6 Å². The summed E-state index contributed by atoms with van der Waals surface area (Å²) < 4.78 is 4.88. The summed E-state index contributed by atoms with van der Waals surface area (Å²) in [5.41, 5.74) is 0. The maximum absolute atomic E-state index is 11.8. The van der Waals surface area contributed by atoms with E-state index in [0.717, 1.165) is 13.1 Å². The Morgan fingerprint density at radius 3 is 2.44 bits per heavy atom. The number of ether oxygens (including phenoxy) is 1. The first kappa shape index (κ1) is 17.2. The van der Waals surface area contributed by atoms with Crippen LogP contribution in [0.3, 0.4) is 0 Å². The number of halogens is 1. The first-order valence-corrected chi connectivity index (χ1v) is 6.21. The van der Waals surface area contributed by atoms with Crippen LogP contribution < -0.4 is 10.6 Å². The van der Waals surface area contributed by atoms with Gasteiger partial charge in [-0.25, -0.2) is 0 Å². The number of carbonyl (C=O) groups is 2. The van der Waals surface area contributed by atoms with Crippen molar-refractivity contribution in [3.63, 3.8) is 0 Å². The van der Waals surface area contributed by atoms with Crippen LogP contribution in [0.25, 0.3) is 0 Å². The maximum atomic E-state index is 11.8. The standard InChI is InChI=1S/C12H22N2O3.ClH/c1-4-17-12(16)8(2)5-14-11(15)9(3)10-6-13-7-10;/h8-10,13H,4-7H2,1-3H3,(H,14,15);1H. The molecule has 0 saturated carbocycles. The molecular formula is C12H23ClN2O3. The Hall–Kier alpha value is -0.810. The summed E-state index contributed by atoms with van der Waals surface area (Å²) in [5, 5.41) is 5.95. The molecule has 6 heteroatoms. The quantitative estimate of drug-likeness (QED) is 0.698. The fraction of sp³-hybridized carbons (Fsp3) is 0.833. The lowest BCUT2D eigenvalue weighted by molar-refractivity contribution is -0.147. The van der Waals surface area contributed by atoms with Crippen molar-refractivity contribution in [1.29, 1.82) is 0 Å². The van der Waals surface area contributed by atoms with E-state index in [1.807, 2.05) is 6.92 Å². The number of amides is 1. The number of hydrogen-bond acceptors (Lipinski definition) is 4. The first-order chi connectivity index (χ1) is 8.06. The molecule has 1 saturated heterocycles. The van der Waals surface area contributed by atoms with Gasteiger partial charge in [-0.3, -0.25) is 9.59 Å². The van der Waals surface area contributed by atoms with Crippen molar-refractivity contribution >= 4 is 24.3 Å². The Kier molecular flexibility index (Phi) is 7.95. The van der Waals surface area contributed by atoms with E-state index in [0.29, 0.717) is 19.1 Å². The molecule has 1 aliphatic rings. The molecule has 18 heavy (non-hydrogen) atoms. The van der Waals surface area contributed by atoms with E-state index in [4.69, 9.17) is 4.74 Å². The summed E-state index contributed by atoms with van der Waals surface area (Å²) in [7, 11) is 0. The fourth-order valence-corrected chi connectivity index (χ4v) is 1.66. The van der Waals surface area contributed by atoms with E-state index in [-0.39, 0.29) is 36.1 Å². The lowest BCUT2D eigenvalue weighted by atomic mass is 9.88. The molecular weight excluding hydrogens is 256 g/mol. The summed E-state index contributed by atoms with van der Waals surface area (Å²) in [5.74, 6) is -0.0948. The van der Waals surface area contributed by atoms with Gasteiger partial charge in [0.05, 0.1) is 12.5 Å². The highest BCUT2D eigenvalue weighted by atomic mass is 35.5. The molecule has 2 N–H and O–H groups in total. The molecule has 2 atom stereocenters. The molecule has 0 bridgehead atoms. The zero-order valence-corrected chi connectivity index (χ0v) is 12.0. The molecule has 0 aliphatic carbocycles. The van der Waals surface area contributed by atoms with Gasteiger partial charge < -0.3 is 15.4 Å². The van der Waals surface area contributed by atoms with Crippen LogP contribution in [0.15, 0.2) is 0 Å². The van der Waals surface area contributed by atoms with Crippen molar-refractivity contribution in [2.75, 3.05) is 26.2 Å². The summed E-state index contributed by atoms with van der Waals surface area (Å²) >= 11 is 0. The van der Waals surface area contributed by atoms with Gasteiger partial charge in [0.2, 0.25) is 5.91 Å². The van der Waals surface area contributed by atoms with Crippen LogP contribution in [0.1, 0.15) is 20.8 Å². The van der Waals surface area contributed by atoms with Crippen molar-refractivity contribution in [2.24, 2.45) is 17.8 Å². The Bertz CT molecular complexity index is 282. The van der Waals surface area contributed by atoms with Gasteiger partial charge in [-0.1, -0.05) is 13.8 Å². The molecule has 0 aromatic heterocycles. The predicted molar refractivity (Wildman–Crippen MR) is 71.6 cm³/mol. The van der Waals surface area contributed by atoms with Gasteiger partial charge in [0.1, 0.15) is 0 Å². The molecule has 5 nitrogen and oxygen atoms in total. The minimum atomic E-state index is -0.286. The molecule has 2 unspecified atom stereocenters. The highest BCUT2D eigenvalue weighted by Crippen LogP contribution is 2.15. The van der Waals surface area contributed by atoms with Crippen LogP contribution in [0, 0.1) is 17.8 Å². The summed E-state index contributed by atoms with van der Waals surface area (Å²) in [4.78, 5) is 23.1. The topological polar surface area (TPSA) is 67.4 Å². The zero-order valence-electron chi connectivity index (χ0n) is 11.2. The minimum absolute atomic E-state index is 0. The average Bonchev–Trinajstić information content (AvgIpc) is 2.23.